The smallest absolute Gasteiger partial charge is 0.311 e. The molecule has 12 nitrogen and oxygen atoms in total. The van der Waals surface area contributed by atoms with Gasteiger partial charge in [-0.2, -0.15) is 0 Å². The molecule has 0 amide bonds. The van der Waals surface area contributed by atoms with Gasteiger partial charge in [0.05, 0.1) is 42.7 Å². The van der Waals surface area contributed by atoms with Gasteiger partial charge in [0.15, 0.2) is 0 Å². The van der Waals surface area contributed by atoms with Gasteiger partial charge in [0.1, 0.15) is 38.6 Å². The van der Waals surface area contributed by atoms with Gasteiger partial charge >= 0.3 is 23.9 Å². The van der Waals surface area contributed by atoms with Crippen LogP contribution in [0.3, 0.4) is 0 Å². The van der Waals surface area contributed by atoms with Crippen molar-refractivity contribution in [2.24, 2.45) is 22.2 Å². The van der Waals surface area contributed by atoms with E-state index in [1.807, 2.05) is 20.8 Å². The number of rotatable bonds is 17. The predicted molar refractivity (Wildman–Crippen MR) is 142 cm³/mol. The van der Waals surface area contributed by atoms with Crippen LogP contribution < -0.4 is 0 Å². The second-order valence-electron chi connectivity index (χ2n) is 12.0. The van der Waals surface area contributed by atoms with Crippen molar-refractivity contribution in [1.82, 2.24) is 0 Å². The average Bonchev–Trinajstić information content (AvgIpc) is 3.77. The van der Waals surface area contributed by atoms with E-state index in [1.165, 1.54) is 6.92 Å². The summed E-state index contributed by atoms with van der Waals surface area (Å²) in [5, 5.41) is 17.0. The van der Waals surface area contributed by atoms with Crippen LogP contribution in [0.15, 0.2) is 0 Å². The molecule has 2 aliphatic rings. The minimum Gasteiger partial charge on any atom is -0.463 e. The minimum absolute atomic E-state index is 0.00324. The summed E-state index contributed by atoms with van der Waals surface area (Å²) in [6, 6.07) is 0. The third kappa shape index (κ3) is 13.9. The molecule has 0 spiro atoms. The number of epoxide rings is 2. The molecule has 2 aliphatic heterocycles. The van der Waals surface area contributed by atoms with Crippen LogP contribution >= 0.6 is 0 Å². The largest absolute Gasteiger partial charge is 0.463 e. The van der Waals surface area contributed by atoms with E-state index in [-0.39, 0.29) is 76.1 Å². The fourth-order valence-electron chi connectivity index (χ4n) is 4.63. The fraction of sp³-hybridized carbons (Fsp3) is 0.857. The van der Waals surface area contributed by atoms with Crippen LogP contribution in [0.4, 0.5) is 0 Å². The standard InChI is InChI=1S/C24H40O9.C4H8O3/c1-16(9-22(2,3)19(26)32-13-17-11-30-17)10-24(6,21(28)33-14-18-12-31-18)15-23(4,5)20(27)29-8-7-25;1-4(6)7-3-2-5/h16-18,25H,7-15H2,1-6H3;5H,2-3H2,1H3. The molecule has 0 saturated carbocycles. The first kappa shape index (κ1) is 35.7. The molecule has 0 aliphatic carbocycles. The zero-order chi connectivity index (χ0) is 30.6. The summed E-state index contributed by atoms with van der Waals surface area (Å²) in [5.41, 5.74) is -2.70. The molecule has 2 fully saturated rings. The van der Waals surface area contributed by atoms with Gasteiger partial charge < -0.3 is 38.6 Å². The van der Waals surface area contributed by atoms with Gasteiger partial charge in [0, 0.05) is 6.92 Å². The van der Waals surface area contributed by atoms with Crippen LogP contribution in [0.25, 0.3) is 0 Å². The normalized spacial score (nSPS) is 20.1. The molecule has 2 saturated heterocycles. The Hall–Kier alpha value is -2.28. The average molecular weight is 577 g/mol. The summed E-state index contributed by atoms with van der Waals surface area (Å²) in [7, 11) is 0. The third-order valence-electron chi connectivity index (χ3n) is 6.41. The SMILES string of the molecule is CC(=O)OCCO.CC(CC(C)(C)C(=O)OCC1CO1)CC(C)(CC(C)(C)C(=O)OCCO)C(=O)OCC1CO1. The number of aliphatic hydroxyl groups excluding tert-OH is 2. The summed E-state index contributed by atoms with van der Waals surface area (Å²) in [4.78, 5) is 48.2. The highest BCUT2D eigenvalue weighted by Gasteiger charge is 2.46. The van der Waals surface area contributed by atoms with Crippen LogP contribution in [-0.2, 0) is 47.6 Å². The molecule has 0 aromatic carbocycles. The molecule has 0 aromatic heterocycles. The van der Waals surface area contributed by atoms with Gasteiger partial charge in [0.2, 0.25) is 0 Å². The quantitative estimate of drug-likeness (QED) is 0.146. The first-order valence-electron chi connectivity index (χ1n) is 13.7. The van der Waals surface area contributed by atoms with E-state index in [4.69, 9.17) is 33.9 Å². The van der Waals surface area contributed by atoms with E-state index in [1.54, 1.807) is 20.8 Å². The van der Waals surface area contributed by atoms with Crippen molar-refractivity contribution in [3.8, 4) is 0 Å². The van der Waals surface area contributed by atoms with E-state index < -0.39 is 28.2 Å². The van der Waals surface area contributed by atoms with Crippen molar-refractivity contribution in [2.75, 3.05) is 52.9 Å². The Morgan fingerprint density at radius 2 is 1.20 bits per heavy atom. The maximum Gasteiger partial charge on any atom is 0.311 e. The number of esters is 4. The van der Waals surface area contributed by atoms with Gasteiger partial charge in [0.25, 0.3) is 0 Å². The number of ether oxygens (including phenoxy) is 6. The lowest BCUT2D eigenvalue weighted by atomic mass is 9.68. The summed E-state index contributed by atoms with van der Waals surface area (Å²) < 4.78 is 30.6. The second-order valence-corrected chi connectivity index (χ2v) is 12.0. The van der Waals surface area contributed by atoms with E-state index in [2.05, 4.69) is 4.74 Å². The lowest BCUT2D eigenvalue weighted by Crippen LogP contribution is -2.41. The zero-order valence-electron chi connectivity index (χ0n) is 25.0. The Morgan fingerprint density at radius 3 is 1.62 bits per heavy atom. The Kier molecular flexibility index (Phi) is 14.5. The Bertz CT molecular complexity index is 831. The highest BCUT2D eigenvalue weighted by Crippen LogP contribution is 2.43. The summed E-state index contributed by atoms with van der Waals surface area (Å²) in [6.45, 7) is 13.4. The van der Waals surface area contributed by atoms with Crippen LogP contribution in [0.1, 0.15) is 67.7 Å². The third-order valence-corrected chi connectivity index (χ3v) is 6.41. The topological polar surface area (TPSA) is 171 Å². The van der Waals surface area contributed by atoms with Gasteiger partial charge in [-0.25, -0.2) is 0 Å². The molecule has 40 heavy (non-hydrogen) atoms. The molecule has 232 valence electrons. The van der Waals surface area contributed by atoms with Crippen molar-refractivity contribution in [1.29, 1.82) is 0 Å². The molecule has 2 N–H and O–H groups in total. The van der Waals surface area contributed by atoms with Crippen molar-refractivity contribution < 1.29 is 57.8 Å². The highest BCUT2D eigenvalue weighted by molar-refractivity contribution is 5.80. The summed E-state index contributed by atoms with van der Waals surface area (Å²) in [5.74, 6) is -1.58. The molecular weight excluding hydrogens is 528 g/mol. The molecule has 0 aromatic rings. The van der Waals surface area contributed by atoms with Crippen LogP contribution in [0.5, 0.6) is 0 Å². The van der Waals surface area contributed by atoms with Crippen molar-refractivity contribution >= 4 is 23.9 Å². The minimum atomic E-state index is -0.988. The van der Waals surface area contributed by atoms with E-state index in [0.717, 1.165) is 0 Å². The maximum atomic E-state index is 13.2. The van der Waals surface area contributed by atoms with Crippen LogP contribution in [0.2, 0.25) is 0 Å². The van der Waals surface area contributed by atoms with Crippen LogP contribution in [-0.4, -0.2) is 99.2 Å². The molecule has 4 atom stereocenters. The predicted octanol–water partition coefficient (Wildman–Crippen LogP) is 1.81. The fourth-order valence-corrected chi connectivity index (χ4v) is 4.63. The van der Waals surface area contributed by atoms with Crippen molar-refractivity contribution in [2.45, 2.75) is 79.9 Å². The molecule has 12 heteroatoms. The van der Waals surface area contributed by atoms with Gasteiger partial charge in [-0.1, -0.05) is 6.92 Å². The van der Waals surface area contributed by atoms with Gasteiger partial charge in [-0.05, 0) is 59.8 Å². The lowest BCUT2D eigenvalue weighted by molar-refractivity contribution is -0.165. The number of hydrogen-bond acceptors (Lipinski definition) is 12. The molecule has 0 radical (unpaired) electrons. The number of hydrogen-bond donors (Lipinski definition) is 2. The lowest BCUT2D eigenvalue weighted by Gasteiger charge is -2.37. The molecular formula is C28H48O12. The number of carbonyl (C=O) groups is 4. The van der Waals surface area contributed by atoms with Crippen molar-refractivity contribution in [3.05, 3.63) is 0 Å². The summed E-state index contributed by atoms with van der Waals surface area (Å²) >= 11 is 0. The number of carbonyl (C=O) groups excluding carboxylic acids is 4. The van der Waals surface area contributed by atoms with Crippen LogP contribution in [0, 0.1) is 22.2 Å². The van der Waals surface area contributed by atoms with Gasteiger partial charge in [-0.15, -0.1) is 0 Å². The second kappa shape index (κ2) is 16.2. The molecule has 2 heterocycles. The summed E-state index contributed by atoms with van der Waals surface area (Å²) in [6.07, 6.45) is 1.05. The molecule has 4 unspecified atom stereocenters. The number of aliphatic hydroxyl groups is 2. The Morgan fingerprint density at radius 1 is 0.750 bits per heavy atom. The zero-order valence-corrected chi connectivity index (χ0v) is 25.0. The van der Waals surface area contributed by atoms with Gasteiger partial charge in [-0.3, -0.25) is 19.2 Å². The van der Waals surface area contributed by atoms with E-state index in [0.29, 0.717) is 26.1 Å². The van der Waals surface area contributed by atoms with E-state index >= 15 is 0 Å². The highest BCUT2D eigenvalue weighted by atomic mass is 16.6. The first-order chi connectivity index (χ1) is 18.6. The van der Waals surface area contributed by atoms with E-state index in [9.17, 15) is 19.2 Å². The first-order valence-corrected chi connectivity index (χ1v) is 13.7. The Balaban J connectivity index is 0.00000101. The molecule has 0 bridgehead atoms. The monoisotopic (exact) mass is 576 g/mol. The molecule has 2 rings (SSSR count). The Labute approximate surface area is 237 Å². The van der Waals surface area contributed by atoms with Crippen molar-refractivity contribution in [3.63, 3.8) is 0 Å². The maximum absolute atomic E-state index is 13.2.